The van der Waals surface area contributed by atoms with Crippen molar-refractivity contribution in [1.29, 1.82) is 0 Å². The van der Waals surface area contributed by atoms with Gasteiger partial charge < -0.3 is 20.9 Å². The van der Waals surface area contributed by atoms with Crippen LogP contribution in [-0.2, 0) is 4.79 Å². The molecule has 0 fully saturated rings. The zero-order valence-electron chi connectivity index (χ0n) is 10.7. The molecule has 1 aromatic rings. The van der Waals surface area contributed by atoms with Crippen LogP contribution in [0.15, 0.2) is 24.3 Å². The summed E-state index contributed by atoms with van der Waals surface area (Å²) >= 11 is 0. The molecule has 0 radical (unpaired) electrons. The van der Waals surface area contributed by atoms with Crippen molar-refractivity contribution in [3.05, 3.63) is 29.8 Å². The van der Waals surface area contributed by atoms with E-state index in [4.69, 9.17) is 10.5 Å². The summed E-state index contributed by atoms with van der Waals surface area (Å²) in [5.41, 5.74) is 6.19. The van der Waals surface area contributed by atoms with Crippen molar-refractivity contribution >= 4 is 5.91 Å². The predicted octanol–water partition coefficient (Wildman–Crippen LogP) is 0.198. The van der Waals surface area contributed by atoms with Crippen molar-refractivity contribution < 1.29 is 14.6 Å². The Labute approximate surface area is 107 Å². The molecule has 0 saturated carbocycles. The van der Waals surface area contributed by atoms with E-state index in [9.17, 15) is 9.90 Å². The summed E-state index contributed by atoms with van der Waals surface area (Å²) in [6, 6.07) is 7.13. The zero-order valence-corrected chi connectivity index (χ0v) is 10.7. The molecule has 0 heterocycles. The van der Waals surface area contributed by atoms with Crippen LogP contribution in [0.5, 0.6) is 5.75 Å². The number of primary amides is 1. The Kier molecular flexibility index (Phi) is 5.61. The van der Waals surface area contributed by atoms with Gasteiger partial charge in [-0.3, -0.25) is 4.79 Å². The van der Waals surface area contributed by atoms with E-state index in [0.717, 1.165) is 11.3 Å². The SMILES string of the molecule is Cc1cccc(OCC(O)CNC(C)C(N)=O)c1. The van der Waals surface area contributed by atoms with E-state index >= 15 is 0 Å². The van der Waals surface area contributed by atoms with Crippen molar-refractivity contribution in [1.82, 2.24) is 5.32 Å². The third-order valence-electron chi connectivity index (χ3n) is 2.52. The van der Waals surface area contributed by atoms with E-state index in [1.165, 1.54) is 0 Å². The van der Waals surface area contributed by atoms with Crippen LogP contribution in [0.4, 0.5) is 0 Å². The van der Waals surface area contributed by atoms with Gasteiger partial charge in [0.25, 0.3) is 0 Å². The lowest BCUT2D eigenvalue weighted by Gasteiger charge is -2.15. The molecular weight excluding hydrogens is 232 g/mol. The molecule has 0 bridgehead atoms. The second-order valence-electron chi connectivity index (χ2n) is 4.31. The van der Waals surface area contributed by atoms with Crippen molar-refractivity contribution in [3.8, 4) is 5.75 Å². The number of nitrogens with one attached hydrogen (secondary N) is 1. The lowest BCUT2D eigenvalue weighted by atomic mass is 10.2. The first-order valence-electron chi connectivity index (χ1n) is 5.89. The van der Waals surface area contributed by atoms with Gasteiger partial charge in [0, 0.05) is 6.54 Å². The minimum atomic E-state index is -0.688. The number of hydrogen-bond acceptors (Lipinski definition) is 4. The van der Waals surface area contributed by atoms with Gasteiger partial charge >= 0.3 is 0 Å². The number of aliphatic hydroxyl groups excluding tert-OH is 1. The van der Waals surface area contributed by atoms with E-state index < -0.39 is 18.1 Å². The molecule has 2 atom stereocenters. The monoisotopic (exact) mass is 252 g/mol. The van der Waals surface area contributed by atoms with Gasteiger partial charge in [-0.05, 0) is 31.5 Å². The smallest absolute Gasteiger partial charge is 0.234 e. The van der Waals surface area contributed by atoms with Crippen molar-refractivity contribution in [2.24, 2.45) is 5.73 Å². The highest BCUT2D eigenvalue weighted by Crippen LogP contribution is 2.12. The van der Waals surface area contributed by atoms with Crippen molar-refractivity contribution in [2.45, 2.75) is 26.0 Å². The van der Waals surface area contributed by atoms with Gasteiger partial charge in [-0.15, -0.1) is 0 Å². The summed E-state index contributed by atoms with van der Waals surface area (Å²) in [6.07, 6.45) is -0.688. The number of hydrogen-bond donors (Lipinski definition) is 3. The Balaban J connectivity index is 2.29. The maximum atomic E-state index is 10.8. The maximum Gasteiger partial charge on any atom is 0.234 e. The highest BCUT2D eigenvalue weighted by Gasteiger charge is 2.11. The third kappa shape index (κ3) is 5.16. The van der Waals surface area contributed by atoms with E-state index in [2.05, 4.69) is 5.32 Å². The second-order valence-corrected chi connectivity index (χ2v) is 4.31. The minimum absolute atomic E-state index is 0.169. The molecule has 5 nitrogen and oxygen atoms in total. The molecular formula is C13H20N2O3. The van der Waals surface area contributed by atoms with Crippen LogP contribution in [0.3, 0.4) is 0 Å². The number of rotatable bonds is 7. The fourth-order valence-electron chi connectivity index (χ4n) is 1.37. The number of nitrogens with two attached hydrogens (primary N) is 1. The Morgan fingerprint density at radius 2 is 2.28 bits per heavy atom. The summed E-state index contributed by atoms with van der Waals surface area (Å²) < 4.78 is 5.44. The van der Waals surface area contributed by atoms with Crippen LogP contribution in [-0.4, -0.2) is 36.3 Å². The number of aryl methyl sites for hydroxylation is 1. The molecule has 1 amide bonds. The summed E-state index contributed by atoms with van der Waals surface area (Å²) in [5.74, 6) is 0.277. The average molecular weight is 252 g/mol. The van der Waals surface area contributed by atoms with Crippen molar-refractivity contribution in [3.63, 3.8) is 0 Å². The number of benzene rings is 1. The Hall–Kier alpha value is -1.59. The van der Waals surface area contributed by atoms with Gasteiger partial charge in [0.2, 0.25) is 5.91 Å². The molecule has 5 heteroatoms. The number of carbonyl (C=O) groups is 1. The molecule has 1 rings (SSSR count). The van der Waals surface area contributed by atoms with E-state index in [-0.39, 0.29) is 13.2 Å². The lowest BCUT2D eigenvalue weighted by Crippen LogP contribution is -2.43. The number of carbonyl (C=O) groups excluding carboxylic acids is 1. The summed E-state index contributed by atoms with van der Waals surface area (Å²) in [6.45, 7) is 4.05. The first-order chi connectivity index (χ1) is 8.49. The molecule has 0 saturated heterocycles. The quantitative estimate of drug-likeness (QED) is 0.647. The standard InChI is InChI=1S/C13H20N2O3/c1-9-4-3-5-12(6-9)18-8-11(16)7-15-10(2)13(14)17/h3-6,10-11,15-16H,7-8H2,1-2H3,(H2,14,17). The molecule has 0 spiro atoms. The molecule has 100 valence electrons. The minimum Gasteiger partial charge on any atom is -0.491 e. The van der Waals surface area contributed by atoms with E-state index in [1.807, 2.05) is 31.2 Å². The van der Waals surface area contributed by atoms with Crippen LogP contribution >= 0.6 is 0 Å². The van der Waals surface area contributed by atoms with Crippen LogP contribution < -0.4 is 15.8 Å². The number of ether oxygens (including phenoxy) is 1. The average Bonchev–Trinajstić information content (AvgIpc) is 2.33. The molecule has 1 aromatic carbocycles. The highest BCUT2D eigenvalue weighted by molar-refractivity contribution is 5.79. The molecule has 0 aliphatic carbocycles. The Morgan fingerprint density at radius 3 is 2.89 bits per heavy atom. The van der Waals surface area contributed by atoms with Gasteiger partial charge in [-0.2, -0.15) is 0 Å². The van der Waals surface area contributed by atoms with Crippen LogP contribution in [0.25, 0.3) is 0 Å². The largest absolute Gasteiger partial charge is 0.491 e. The molecule has 0 aliphatic rings. The van der Waals surface area contributed by atoms with Crippen molar-refractivity contribution in [2.75, 3.05) is 13.2 Å². The number of aliphatic hydroxyl groups is 1. The normalized spacial score (nSPS) is 13.9. The predicted molar refractivity (Wildman–Crippen MR) is 69.3 cm³/mol. The van der Waals surface area contributed by atoms with Gasteiger partial charge in [0.15, 0.2) is 0 Å². The van der Waals surface area contributed by atoms with Gasteiger partial charge in [0.1, 0.15) is 18.5 Å². The third-order valence-corrected chi connectivity index (χ3v) is 2.52. The van der Waals surface area contributed by atoms with E-state index in [1.54, 1.807) is 6.92 Å². The van der Waals surface area contributed by atoms with E-state index in [0.29, 0.717) is 0 Å². The molecule has 4 N–H and O–H groups in total. The molecule has 0 aromatic heterocycles. The summed E-state index contributed by atoms with van der Waals surface area (Å²) in [5, 5.41) is 12.5. The maximum absolute atomic E-state index is 10.8. The second kappa shape index (κ2) is 6.98. The lowest BCUT2D eigenvalue weighted by molar-refractivity contribution is -0.119. The first kappa shape index (κ1) is 14.5. The topological polar surface area (TPSA) is 84.6 Å². The van der Waals surface area contributed by atoms with Gasteiger partial charge in [0.05, 0.1) is 6.04 Å². The van der Waals surface area contributed by atoms with Gasteiger partial charge in [-0.1, -0.05) is 12.1 Å². The fourth-order valence-corrected chi connectivity index (χ4v) is 1.37. The highest BCUT2D eigenvalue weighted by atomic mass is 16.5. The Morgan fingerprint density at radius 1 is 1.56 bits per heavy atom. The molecule has 2 unspecified atom stereocenters. The summed E-state index contributed by atoms with van der Waals surface area (Å²) in [4.78, 5) is 10.8. The fraction of sp³-hybridized carbons (Fsp3) is 0.462. The van der Waals surface area contributed by atoms with Crippen LogP contribution in [0.2, 0.25) is 0 Å². The summed E-state index contributed by atoms with van der Waals surface area (Å²) in [7, 11) is 0. The van der Waals surface area contributed by atoms with Gasteiger partial charge in [-0.25, -0.2) is 0 Å². The zero-order chi connectivity index (χ0) is 13.5. The molecule has 18 heavy (non-hydrogen) atoms. The number of amides is 1. The van der Waals surface area contributed by atoms with Crippen LogP contribution in [0.1, 0.15) is 12.5 Å². The van der Waals surface area contributed by atoms with Crippen LogP contribution in [0, 0.1) is 6.92 Å². The molecule has 0 aliphatic heterocycles. The first-order valence-corrected chi connectivity index (χ1v) is 5.89. The Bertz CT molecular complexity index is 396.